The smallest absolute Gasteiger partial charge is 0.254 e. The number of thiazole rings is 1. The summed E-state index contributed by atoms with van der Waals surface area (Å²) in [6, 6.07) is 9.06. The minimum Gasteiger partial charge on any atom is -0.474 e. The molecule has 2 aliphatic rings. The van der Waals surface area contributed by atoms with Gasteiger partial charge in [0.05, 0.1) is 22.2 Å². The van der Waals surface area contributed by atoms with E-state index in [-0.39, 0.29) is 36.7 Å². The molecule has 1 aromatic carbocycles. The molecule has 11 nitrogen and oxygen atoms in total. The normalized spacial score (nSPS) is 21.7. The van der Waals surface area contributed by atoms with Gasteiger partial charge in [0.2, 0.25) is 11.8 Å². The summed E-state index contributed by atoms with van der Waals surface area (Å²) in [6.45, 7) is 9.20. The van der Waals surface area contributed by atoms with Crippen molar-refractivity contribution in [3.8, 4) is 16.3 Å². The number of amides is 2. The molecule has 3 aromatic rings. The molecule has 12 heteroatoms. The number of benzene rings is 1. The monoisotopic (exact) mass is 596 g/mol. The molecule has 1 unspecified atom stereocenters. The predicted octanol–water partition coefficient (Wildman–Crippen LogP) is 2.54. The van der Waals surface area contributed by atoms with Crippen molar-refractivity contribution in [2.24, 2.45) is 11.7 Å². The number of carbonyl (C=O) groups is 2. The number of ether oxygens (including phenoxy) is 1. The van der Waals surface area contributed by atoms with Gasteiger partial charge in [-0.2, -0.15) is 0 Å². The SMILES string of the molecule is Cc1ncsc1-c1ccc(CNC(=O)[C@@H]2C[C@@H](O)CN2C(=O)C(c2cc(OCCN3CC[C@@H](N)C3)no2)C(C)C)cc1. The summed E-state index contributed by atoms with van der Waals surface area (Å²) < 4.78 is 11.3. The van der Waals surface area contributed by atoms with Crippen LogP contribution < -0.4 is 15.8 Å². The molecular formula is C30H40N6O5S. The number of aliphatic hydroxyl groups excluding tert-OH is 1. The number of rotatable bonds is 11. The van der Waals surface area contributed by atoms with Gasteiger partial charge in [-0.25, -0.2) is 4.98 Å². The van der Waals surface area contributed by atoms with Crippen LogP contribution in [-0.2, 0) is 16.1 Å². The lowest BCUT2D eigenvalue weighted by Crippen LogP contribution is -2.48. The number of aliphatic hydroxyl groups is 1. The molecule has 226 valence electrons. The van der Waals surface area contributed by atoms with Gasteiger partial charge in [-0.1, -0.05) is 38.1 Å². The number of likely N-dealkylation sites (tertiary alicyclic amines) is 2. The summed E-state index contributed by atoms with van der Waals surface area (Å²) in [5.41, 5.74) is 10.8. The Kier molecular flexibility index (Phi) is 9.57. The second-order valence-corrected chi connectivity index (χ2v) is 12.4. The zero-order chi connectivity index (χ0) is 29.8. The molecule has 2 amide bonds. The van der Waals surface area contributed by atoms with Gasteiger partial charge in [0.1, 0.15) is 18.6 Å². The Labute approximate surface area is 250 Å². The molecular weight excluding hydrogens is 556 g/mol. The van der Waals surface area contributed by atoms with E-state index < -0.39 is 18.1 Å². The minimum atomic E-state index is -0.785. The van der Waals surface area contributed by atoms with Crippen molar-refractivity contribution in [2.45, 2.75) is 64.3 Å². The van der Waals surface area contributed by atoms with Crippen LogP contribution >= 0.6 is 11.3 Å². The van der Waals surface area contributed by atoms with Crippen LogP contribution in [0.2, 0.25) is 0 Å². The maximum absolute atomic E-state index is 13.8. The molecule has 4 heterocycles. The van der Waals surface area contributed by atoms with Crippen molar-refractivity contribution < 1.29 is 24.0 Å². The second-order valence-electron chi connectivity index (χ2n) is 11.6. The highest BCUT2D eigenvalue weighted by Crippen LogP contribution is 2.32. The molecule has 4 atom stereocenters. The summed E-state index contributed by atoms with van der Waals surface area (Å²) in [6.07, 6.45) is 0.376. The summed E-state index contributed by atoms with van der Waals surface area (Å²) in [4.78, 5) is 36.2. The van der Waals surface area contributed by atoms with E-state index in [1.54, 1.807) is 17.4 Å². The van der Waals surface area contributed by atoms with Gasteiger partial charge in [0.15, 0.2) is 5.76 Å². The van der Waals surface area contributed by atoms with E-state index in [4.69, 9.17) is 15.0 Å². The topological polar surface area (TPSA) is 147 Å². The van der Waals surface area contributed by atoms with Gasteiger partial charge in [-0.15, -0.1) is 11.3 Å². The Hall–Kier alpha value is -3.32. The lowest BCUT2D eigenvalue weighted by atomic mass is 9.91. The lowest BCUT2D eigenvalue weighted by Gasteiger charge is -2.28. The van der Waals surface area contributed by atoms with E-state index in [1.165, 1.54) is 4.90 Å². The predicted molar refractivity (Wildman–Crippen MR) is 159 cm³/mol. The van der Waals surface area contributed by atoms with E-state index in [1.807, 2.05) is 50.5 Å². The molecule has 0 aliphatic carbocycles. The fraction of sp³-hybridized carbons (Fsp3) is 0.533. The average Bonchev–Trinajstić information content (AvgIpc) is 3.76. The maximum Gasteiger partial charge on any atom is 0.254 e. The first-order valence-electron chi connectivity index (χ1n) is 14.5. The Balaban J connectivity index is 1.19. The molecule has 4 N–H and O–H groups in total. The third-order valence-corrected chi connectivity index (χ3v) is 8.98. The molecule has 2 fully saturated rings. The number of aryl methyl sites for hydroxylation is 1. The number of nitrogens with zero attached hydrogens (tertiary/aromatic N) is 4. The Morgan fingerprint density at radius 1 is 1.26 bits per heavy atom. The molecule has 0 bridgehead atoms. The molecule has 0 saturated carbocycles. The van der Waals surface area contributed by atoms with Gasteiger partial charge < -0.3 is 30.3 Å². The lowest BCUT2D eigenvalue weighted by molar-refractivity contribution is -0.141. The van der Waals surface area contributed by atoms with Crippen molar-refractivity contribution >= 4 is 23.2 Å². The van der Waals surface area contributed by atoms with Gasteiger partial charge in [-0.05, 0) is 42.1 Å². The number of nitrogens with one attached hydrogen (secondary N) is 1. The molecule has 0 spiro atoms. The first-order chi connectivity index (χ1) is 20.2. The minimum absolute atomic E-state index is 0.0818. The van der Waals surface area contributed by atoms with Crippen LogP contribution in [-0.4, -0.2) is 87.8 Å². The largest absolute Gasteiger partial charge is 0.474 e. The summed E-state index contributed by atoms with van der Waals surface area (Å²) >= 11 is 1.59. The van der Waals surface area contributed by atoms with Crippen LogP contribution in [0.1, 0.15) is 49.6 Å². The quantitative estimate of drug-likeness (QED) is 0.304. The van der Waals surface area contributed by atoms with E-state index >= 15 is 0 Å². The molecule has 0 radical (unpaired) electrons. The van der Waals surface area contributed by atoms with E-state index in [9.17, 15) is 14.7 Å². The summed E-state index contributed by atoms with van der Waals surface area (Å²) in [5, 5.41) is 17.4. The third kappa shape index (κ3) is 7.00. The number of β-amino-alcohol motifs (C(OH)–C–C–N with tert-alkyl or cyclic N) is 1. The fourth-order valence-electron chi connectivity index (χ4n) is 5.71. The standard InChI is InChI=1S/C30H40N6O5S/c1-18(2)27(25-13-26(34-41-25)40-11-10-35-9-8-22(31)15-35)30(39)36-16-23(37)12-24(36)29(38)32-14-20-4-6-21(7-5-20)28-19(3)33-17-42-28/h4-7,13,17-18,22-24,27,37H,8-12,14-16,31H2,1-3H3,(H,32,38)/t22-,23-,24+,27?/m1/s1. The zero-order valence-electron chi connectivity index (χ0n) is 24.4. The van der Waals surface area contributed by atoms with Crippen molar-refractivity contribution in [1.82, 2.24) is 25.3 Å². The van der Waals surface area contributed by atoms with Crippen LogP contribution in [0.3, 0.4) is 0 Å². The number of carbonyl (C=O) groups excluding carboxylic acids is 2. The van der Waals surface area contributed by atoms with Crippen molar-refractivity contribution in [3.05, 3.63) is 52.9 Å². The Bertz CT molecular complexity index is 1360. The number of hydrogen-bond acceptors (Lipinski definition) is 10. The van der Waals surface area contributed by atoms with E-state index in [0.717, 1.165) is 47.8 Å². The molecule has 2 aromatic heterocycles. The highest BCUT2D eigenvalue weighted by Gasteiger charge is 2.43. The maximum atomic E-state index is 13.8. The first kappa shape index (κ1) is 30.1. The summed E-state index contributed by atoms with van der Waals surface area (Å²) in [5.74, 6) is -0.682. The summed E-state index contributed by atoms with van der Waals surface area (Å²) in [7, 11) is 0. The fourth-order valence-corrected chi connectivity index (χ4v) is 6.52. The van der Waals surface area contributed by atoms with Crippen molar-refractivity contribution in [1.29, 1.82) is 0 Å². The van der Waals surface area contributed by atoms with Gasteiger partial charge in [-0.3, -0.25) is 14.5 Å². The van der Waals surface area contributed by atoms with Crippen LogP contribution in [0, 0.1) is 12.8 Å². The van der Waals surface area contributed by atoms with E-state index in [2.05, 4.69) is 20.4 Å². The van der Waals surface area contributed by atoms with E-state index in [0.29, 0.717) is 24.8 Å². The highest BCUT2D eigenvalue weighted by atomic mass is 32.1. The number of aromatic nitrogens is 2. The Morgan fingerprint density at radius 3 is 2.71 bits per heavy atom. The van der Waals surface area contributed by atoms with Gasteiger partial charge in [0.25, 0.3) is 5.88 Å². The highest BCUT2D eigenvalue weighted by molar-refractivity contribution is 7.13. The molecule has 2 saturated heterocycles. The second kappa shape index (κ2) is 13.3. The van der Waals surface area contributed by atoms with Crippen LogP contribution in [0.4, 0.5) is 0 Å². The molecule has 42 heavy (non-hydrogen) atoms. The Morgan fingerprint density at radius 2 is 2.05 bits per heavy atom. The van der Waals surface area contributed by atoms with Crippen molar-refractivity contribution in [2.75, 3.05) is 32.8 Å². The average molecular weight is 597 g/mol. The van der Waals surface area contributed by atoms with Crippen LogP contribution in [0.25, 0.3) is 10.4 Å². The van der Waals surface area contributed by atoms with Crippen LogP contribution in [0.5, 0.6) is 5.88 Å². The van der Waals surface area contributed by atoms with Crippen LogP contribution in [0.15, 0.2) is 40.4 Å². The number of nitrogens with two attached hydrogens (primary N) is 1. The molecule has 5 rings (SSSR count). The van der Waals surface area contributed by atoms with Gasteiger partial charge >= 0.3 is 0 Å². The molecule has 2 aliphatic heterocycles. The van der Waals surface area contributed by atoms with Gasteiger partial charge in [0, 0.05) is 44.7 Å². The first-order valence-corrected chi connectivity index (χ1v) is 15.4. The zero-order valence-corrected chi connectivity index (χ0v) is 25.2. The van der Waals surface area contributed by atoms with Crippen molar-refractivity contribution in [3.63, 3.8) is 0 Å². The number of hydrogen-bond donors (Lipinski definition) is 3. The third-order valence-electron chi connectivity index (χ3n) is 8.01.